The number of carbonyl (C=O) groups is 1. The predicted molar refractivity (Wildman–Crippen MR) is 109 cm³/mol. The van der Waals surface area contributed by atoms with Gasteiger partial charge in [-0.1, -0.05) is 25.8 Å². The summed E-state index contributed by atoms with van der Waals surface area (Å²) < 4.78 is 35.2. The zero-order chi connectivity index (χ0) is 20.1. The topological polar surface area (TPSA) is 114 Å². The molecule has 28 heavy (non-hydrogen) atoms. The van der Waals surface area contributed by atoms with Gasteiger partial charge in [-0.05, 0) is 31.4 Å². The summed E-state index contributed by atoms with van der Waals surface area (Å²) in [5.41, 5.74) is 6.67. The summed E-state index contributed by atoms with van der Waals surface area (Å²) in [4.78, 5) is 14.3. The van der Waals surface area contributed by atoms with E-state index in [1.54, 1.807) is 18.2 Å². The van der Waals surface area contributed by atoms with Crippen molar-refractivity contribution in [1.82, 2.24) is 4.90 Å². The SMILES string of the molecule is CCCCCC(=O)N1CCC[C@H](COc2cccc3c2C(N)=NS(=O)(=O)N3)C1. The Morgan fingerprint density at radius 3 is 3.00 bits per heavy atom. The number of nitrogens with one attached hydrogen (secondary N) is 1. The van der Waals surface area contributed by atoms with Crippen LogP contribution in [0.25, 0.3) is 0 Å². The van der Waals surface area contributed by atoms with E-state index >= 15 is 0 Å². The molecule has 2 aliphatic heterocycles. The van der Waals surface area contributed by atoms with Gasteiger partial charge in [0.25, 0.3) is 0 Å². The number of fused-ring (bicyclic) bond motifs is 1. The van der Waals surface area contributed by atoms with E-state index in [2.05, 4.69) is 16.0 Å². The molecule has 1 aromatic carbocycles. The molecule has 1 saturated heterocycles. The van der Waals surface area contributed by atoms with Crippen LogP contribution in [0.1, 0.15) is 51.0 Å². The summed E-state index contributed by atoms with van der Waals surface area (Å²) in [5, 5.41) is 0. The minimum atomic E-state index is -3.81. The van der Waals surface area contributed by atoms with Crippen molar-refractivity contribution in [2.75, 3.05) is 24.4 Å². The number of carbonyl (C=O) groups excluding carboxylic acids is 1. The largest absolute Gasteiger partial charge is 0.492 e. The fourth-order valence-electron chi connectivity index (χ4n) is 3.66. The molecule has 9 heteroatoms. The second-order valence-electron chi connectivity index (χ2n) is 7.35. The Balaban J connectivity index is 1.61. The van der Waals surface area contributed by atoms with E-state index in [9.17, 15) is 13.2 Å². The molecule has 154 valence electrons. The molecular formula is C19H28N4O4S. The first-order valence-corrected chi connectivity index (χ1v) is 11.3. The minimum absolute atomic E-state index is 0.0827. The lowest BCUT2D eigenvalue weighted by molar-refractivity contribution is -0.133. The van der Waals surface area contributed by atoms with Crippen molar-refractivity contribution < 1.29 is 17.9 Å². The van der Waals surface area contributed by atoms with E-state index in [1.807, 2.05) is 4.90 Å². The Kier molecular flexibility index (Phi) is 6.43. The predicted octanol–water partition coefficient (Wildman–Crippen LogP) is 2.26. The quantitative estimate of drug-likeness (QED) is 0.672. The highest BCUT2D eigenvalue weighted by atomic mass is 32.2. The molecule has 3 rings (SSSR count). The molecule has 0 saturated carbocycles. The van der Waals surface area contributed by atoms with Crippen LogP contribution in [0.15, 0.2) is 22.6 Å². The van der Waals surface area contributed by atoms with Gasteiger partial charge in [-0.15, -0.1) is 4.40 Å². The van der Waals surface area contributed by atoms with Gasteiger partial charge >= 0.3 is 10.2 Å². The number of nitrogens with two attached hydrogens (primary N) is 1. The number of piperidine rings is 1. The Hall–Kier alpha value is -2.29. The first-order chi connectivity index (χ1) is 13.4. The zero-order valence-corrected chi connectivity index (χ0v) is 17.0. The molecule has 0 unspecified atom stereocenters. The summed E-state index contributed by atoms with van der Waals surface area (Å²) in [6.45, 7) is 4.07. The fraction of sp³-hybridized carbons (Fsp3) is 0.579. The van der Waals surface area contributed by atoms with E-state index < -0.39 is 10.2 Å². The third-order valence-electron chi connectivity index (χ3n) is 5.08. The normalized spacial score (nSPS) is 20.7. The standard InChI is InChI=1S/C19H28N4O4S/c1-2-3-4-10-17(24)23-11-6-7-14(12-23)13-27-16-9-5-8-15-18(16)19(20)22-28(25,26)21-15/h5,8-9,14,21H,2-4,6-7,10-13H2,1H3,(H2,20,22)/t14-/m0/s1. The number of likely N-dealkylation sites (tertiary alicyclic amines) is 1. The third-order valence-corrected chi connectivity index (χ3v) is 6.00. The number of amidine groups is 1. The molecule has 1 amide bonds. The van der Waals surface area contributed by atoms with Crippen LogP contribution in [0, 0.1) is 5.92 Å². The van der Waals surface area contributed by atoms with Crippen molar-refractivity contribution in [3.8, 4) is 5.75 Å². The highest BCUT2D eigenvalue weighted by Crippen LogP contribution is 2.31. The molecule has 0 aromatic heterocycles. The van der Waals surface area contributed by atoms with Crippen LogP contribution >= 0.6 is 0 Å². The molecule has 1 aromatic rings. The number of ether oxygens (including phenoxy) is 1. The van der Waals surface area contributed by atoms with E-state index in [-0.39, 0.29) is 17.7 Å². The summed E-state index contributed by atoms with van der Waals surface area (Å²) in [7, 11) is -3.81. The molecule has 0 bridgehead atoms. The van der Waals surface area contributed by atoms with Crippen molar-refractivity contribution in [2.45, 2.75) is 45.4 Å². The summed E-state index contributed by atoms with van der Waals surface area (Å²) in [6.07, 6.45) is 5.69. The van der Waals surface area contributed by atoms with Gasteiger partial charge in [0, 0.05) is 25.4 Å². The highest BCUT2D eigenvalue weighted by Gasteiger charge is 2.27. The van der Waals surface area contributed by atoms with Crippen molar-refractivity contribution in [3.63, 3.8) is 0 Å². The van der Waals surface area contributed by atoms with Crippen LogP contribution in [0.5, 0.6) is 5.75 Å². The van der Waals surface area contributed by atoms with Gasteiger partial charge in [-0.3, -0.25) is 9.52 Å². The first kappa shape index (κ1) is 20.4. The highest BCUT2D eigenvalue weighted by molar-refractivity contribution is 7.91. The van der Waals surface area contributed by atoms with Crippen molar-refractivity contribution >= 4 is 27.6 Å². The molecular weight excluding hydrogens is 380 g/mol. The number of unbranched alkanes of at least 4 members (excludes halogenated alkanes) is 2. The minimum Gasteiger partial charge on any atom is -0.492 e. The molecule has 0 aliphatic carbocycles. The molecule has 3 N–H and O–H groups in total. The summed E-state index contributed by atoms with van der Waals surface area (Å²) in [6, 6.07) is 5.08. The number of nitrogens with zero attached hydrogens (tertiary/aromatic N) is 2. The van der Waals surface area contributed by atoms with Crippen molar-refractivity contribution in [2.24, 2.45) is 16.0 Å². The number of hydrogen-bond acceptors (Lipinski definition) is 5. The van der Waals surface area contributed by atoms with Crippen molar-refractivity contribution in [1.29, 1.82) is 0 Å². The van der Waals surface area contributed by atoms with Crippen molar-refractivity contribution in [3.05, 3.63) is 23.8 Å². The lowest BCUT2D eigenvalue weighted by Crippen LogP contribution is -2.41. The smallest absolute Gasteiger partial charge is 0.344 e. The maximum absolute atomic E-state index is 12.4. The fourth-order valence-corrected chi connectivity index (χ4v) is 4.50. The number of benzene rings is 1. The maximum Gasteiger partial charge on any atom is 0.344 e. The summed E-state index contributed by atoms with van der Waals surface area (Å²) in [5.74, 6) is 0.868. The van der Waals surface area contributed by atoms with Crippen LogP contribution in [-0.4, -0.2) is 44.8 Å². The van der Waals surface area contributed by atoms with Gasteiger partial charge in [-0.25, -0.2) is 0 Å². The molecule has 1 atom stereocenters. The number of amides is 1. The Bertz CT molecular complexity index is 853. The van der Waals surface area contributed by atoms with Gasteiger partial charge in [0.15, 0.2) is 5.84 Å². The van der Waals surface area contributed by atoms with Gasteiger partial charge in [0.1, 0.15) is 5.75 Å². The van der Waals surface area contributed by atoms with Crippen LogP contribution in [-0.2, 0) is 15.0 Å². The Labute approximate surface area is 166 Å². The Morgan fingerprint density at radius 2 is 2.21 bits per heavy atom. The lowest BCUT2D eigenvalue weighted by Gasteiger charge is -2.33. The van der Waals surface area contributed by atoms with Gasteiger partial charge in [-0.2, -0.15) is 8.42 Å². The molecule has 0 spiro atoms. The van der Waals surface area contributed by atoms with E-state index in [4.69, 9.17) is 10.5 Å². The lowest BCUT2D eigenvalue weighted by atomic mass is 9.98. The second-order valence-corrected chi connectivity index (χ2v) is 8.69. The number of rotatable bonds is 7. The molecule has 8 nitrogen and oxygen atoms in total. The number of anilines is 1. The van der Waals surface area contributed by atoms with Crippen LogP contribution in [0.3, 0.4) is 0 Å². The monoisotopic (exact) mass is 408 g/mol. The number of hydrogen-bond donors (Lipinski definition) is 2. The molecule has 1 fully saturated rings. The second kappa shape index (κ2) is 8.81. The van der Waals surface area contributed by atoms with Gasteiger partial charge in [0.2, 0.25) is 5.91 Å². The first-order valence-electron chi connectivity index (χ1n) is 9.81. The third kappa shape index (κ3) is 4.95. The maximum atomic E-state index is 12.4. The van der Waals surface area contributed by atoms with Crippen LogP contribution in [0.4, 0.5) is 5.69 Å². The average Bonchev–Trinajstić information content (AvgIpc) is 2.65. The van der Waals surface area contributed by atoms with E-state index in [1.165, 1.54) is 0 Å². The molecule has 2 heterocycles. The van der Waals surface area contributed by atoms with E-state index in [0.717, 1.165) is 38.6 Å². The van der Waals surface area contributed by atoms with Gasteiger partial charge in [0.05, 0.1) is 17.9 Å². The van der Waals surface area contributed by atoms with Gasteiger partial charge < -0.3 is 15.4 Å². The zero-order valence-electron chi connectivity index (χ0n) is 16.2. The summed E-state index contributed by atoms with van der Waals surface area (Å²) >= 11 is 0. The molecule has 2 aliphatic rings. The average molecular weight is 409 g/mol. The van der Waals surface area contributed by atoms with Crippen LogP contribution < -0.4 is 15.2 Å². The van der Waals surface area contributed by atoms with Crippen LogP contribution in [0.2, 0.25) is 0 Å². The Morgan fingerprint density at radius 1 is 1.39 bits per heavy atom. The molecule has 0 radical (unpaired) electrons. The van der Waals surface area contributed by atoms with E-state index in [0.29, 0.717) is 36.6 Å².